The molecule has 0 aliphatic carbocycles. The highest BCUT2D eigenvalue weighted by atomic mass is 35.5. The lowest BCUT2D eigenvalue weighted by Crippen LogP contribution is -2.30. The molecule has 28 heavy (non-hydrogen) atoms. The molecule has 0 saturated heterocycles. The normalized spacial score (nSPS) is 12.6. The van der Waals surface area contributed by atoms with Crippen molar-refractivity contribution in [2.24, 2.45) is 0 Å². The van der Waals surface area contributed by atoms with Gasteiger partial charge in [0.15, 0.2) is 0 Å². The minimum atomic E-state index is -0.257. The van der Waals surface area contributed by atoms with Crippen molar-refractivity contribution in [1.82, 2.24) is 5.32 Å². The molecule has 0 saturated carbocycles. The Kier molecular flexibility index (Phi) is 5.27. The van der Waals surface area contributed by atoms with E-state index in [2.05, 4.69) is 5.32 Å². The maximum Gasteiger partial charge on any atom is 0.252 e. The second-order valence-corrected chi connectivity index (χ2v) is 6.87. The Morgan fingerprint density at radius 1 is 0.893 bits per heavy atom. The summed E-state index contributed by atoms with van der Waals surface area (Å²) in [5.74, 6) is 0.469. The number of ether oxygens (including phenoxy) is 1. The zero-order chi connectivity index (χ0) is 19.3. The van der Waals surface area contributed by atoms with Crippen molar-refractivity contribution in [2.75, 3.05) is 0 Å². The van der Waals surface area contributed by atoms with E-state index >= 15 is 0 Å². The Labute approximate surface area is 168 Å². The minimum Gasteiger partial charge on any atom is -0.464 e. The van der Waals surface area contributed by atoms with E-state index in [0.717, 1.165) is 16.7 Å². The van der Waals surface area contributed by atoms with E-state index in [4.69, 9.17) is 16.3 Å². The molecule has 3 aromatic rings. The fraction of sp³-hybridized carbons (Fsp3) is 0.0417. The molecule has 0 bridgehead atoms. The maximum atomic E-state index is 13.1. The smallest absolute Gasteiger partial charge is 0.252 e. The van der Waals surface area contributed by atoms with Crippen molar-refractivity contribution < 1.29 is 9.53 Å². The highest BCUT2D eigenvalue weighted by Gasteiger charge is 2.19. The van der Waals surface area contributed by atoms with Gasteiger partial charge in [-0.15, -0.1) is 0 Å². The zero-order valence-corrected chi connectivity index (χ0v) is 15.8. The SMILES string of the molecule is O=C(NC(c1ccccc1)c1ccccc1)C1=Cc2cc(Cl)ccc2OC=C1. The quantitative estimate of drug-likeness (QED) is 0.638. The molecule has 3 aromatic carbocycles. The van der Waals surface area contributed by atoms with E-state index in [1.165, 1.54) is 6.26 Å². The summed E-state index contributed by atoms with van der Waals surface area (Å²) in [6, 6.07) is 24.9. The molecular weight excluding hydrogens is 370 g/mol. The first-order valence-corrected chi connectivity index (χ1v) is 9.34. The molecule has 0 aromatic heterocycles. The van der Waals surface area contributed by atoms with Gasteiger partial charge in [-0.1, -0.05) is 72.3 Å². The number of amides is 1. The van der Waals surface area contributed by atoms with Crippen LogP contribution in [0.3, 0.4) is 0 Å². The van der Waals surface area contributed by atoms with Crippen LogP contribution in [0.4, 0.5) is 0 Å². The summed E-state index contributed by atoms with van der Waals surface area (Å²) in [6.07, 6.45) is 4.97. The van der Waals surface area contributed by atoms with Crippen molar-refractivity contribution in [3.63, 3.8) is 0 Å². The van der Waals surface area contributed by atoms with Crippen LogP contribution in [0, 0.1) is 0 Å². The highest BCUT2D eigenvalue weighted by molar-refractivity contribution is 6.30. The van der Waals surface area contributed by atoms with E-state index in [1.54, 1.807) is 30.4 Å². The van der Waals surface area contributed by atoms with Gasteiger partial charge in [0.05, 0.1) is 12.3 Å². The molecule has 3 nitrogen and oxygen atoms in total. The number of fused-ring (bicyclic) bond motifs is 1. The standard InChI is InChI=1S/C24H18ClNO2/c25-21-11-12-22-20(16-21)15-19(13-14-28-22)24(27)26-23(17-7-3-1-4-8-17)18-9-5-2-6-10-18/h1-16,23H,(H,26,27). The first kappa shape index (κ1) is 18.1. The van der Waals surface area contributed by atoms with Crippen LogP contribution in [-0.4, -0.2) is 5.91 Å². The predicted molar refractivity (Wildman–Crippen MR) is 112 cm³/mol. The van der Waals surface area contributed by atoms with Crippen molar-refractivity contribution in [1.29, 1.82) is 0 Å². The molecule has 1 heterocycles. The van der Waals surface area contributed by atoms with Crippen molar-refractivity contribution in [3.8, 4) is 5.75 Å². The summed E-state index contributed by atoms with van der Waals surface area (Å²) >= 11 is 6.10. The van der Waals surface area contributed by atoms with Gasteiger partial charge in [0.2, 0.25) is 0 Å². The molecule has 1 amide bonds. The van der Waals surface area contributed by atoms with Gasteiger partial charge in [0, 0.05) is 16.2 Å². The van der Waals surface area contributed by atoms with E-state index in [9.17, 15) is 4.79 Å². The van der Waals surface area contributed by atoms with Crippen LogP contribution < -0.4 is 10.1 Å². The average molecular weight is 388 g/mol. The van der Waals surface area contributed by atoms with E-state index in [0.29, 0.717) is 16.3 Å². The van der Waals surface area contributed by atoms with Gasteiger partial charge in [0.1, 0.15) is 5.75 Å². The second kappa shape index (κ2) is 8.15. The van der Waals surface area contributed by atoms with Gasteiger partial charge < -0.3 is 10.1 Å². The predicted octanol–water partition coefficient (Wildman–Crippen LogP) is 5.54. The topological polar surface area (TPSA) is 38.3 Å². The monoisotopic (exact) mass is 387 g/mol. The summed E-state index contributed by atoms with van der Waals surface area (Å²) in [7, 11) is 0. The van der Waals surface area contributed by atoms with E-state index in [1.807, 2.05) is 60.7 Å². The fourth-order valence-corrected chi connectivity index (χ4v) is 3.32. The van der Waals surface area contributed by atoms with Gasteiger partial charge in [0.25, 0.3) is 5.91 Å². The molecule has 0 fully saturated rings. The molecular formula is C24H18ClNO2. The first-order chi connectivity index (χ1) is 13.7. The summed E-state index contributed by atoms with van der Waals surface area (Å²) < 4.78 is 5.59. The van der Waals surface area contributed by atoms with Crippen LogP contribution in [0.25, 0.3) is 6.08 Å². The van der Waals surface area contributed by atoms with Crippen LogP contribution in [-0.2, 0) is 4.79 Å². The molecule has 0 spiro atoms. The number of carbonyl (C=O) groups excluding carboxylic acids is 1. The van der Waals surface area contributed by atoms with Crippen LogP contribution in [0.5, 0.6) is 5.75 Å². The molecule has 0 unspecified atom stereocenters. The number of benzene rings is 3. The average Bonchev–Trinajstić information content (AvgIpc) is 2.95. The number of nitrogens with one attached hydrogen (secondary N) is 1. The lowest BCUT2D eigenvalue weighted by atomic mass is 9.98. The largest absolute Gasteiger partial charge is 0.464 e. The van der Waals surface area contributed by atoms with Gasteiger partial charge in [-0.05, 0) is 41.5 Å². The zero-order valence-electron chi connectivity index (χ0n) is 15.0. The summed E-state index contributed by atoms with van der Waals surface area (Å²) in [5.41, 5.74) is 3.29. The highest BCUT2D eigenvalue weighted by Crippen LogP contribution is 2.28. The van der Waals surface area contributed by atoms with E-state index in [-0.39, 0.29) is 11.9 Å². The third-order valence-corrected chi connectivity index (χ3v) is 4.76. The van der Waals surface area contributed by atoms with Gasteiger partial charge in [-0.25, -0.2) is 0 Å². The van der Waals surface area contributed by atoms with Gasteiger partial charge in [-0.2, -0.15) is 0 Å². The summed E-state index contributed by atoms with van der Waals surface area (Å²) in [5, 5.41) is 3.74. The lowest BCUT2D eigenvalue weighted by Gasteiger charge is -2.20. The number of rotatable bonds is 4. The van der Waals surface area contributed by atoms with Crippen LogP contribution in [0.2, 0.25) is 5.02 Å². The minimum absolute atomic E-state index is 0.189. The molecule has 4 rings (SSSR count). The van der Waals surface area contributed by atoms with Crippen molar-refractivity contribution >= 4 is 23.6 Å². The summed E-state index contributed by atoms with van der Waals surface area (Å²) in [4.78, 5) is 13.1. The Balaban J connectivity index is 1.66. The van der Waals surface area contributed by atoms with Gasteiger partial charge in [-0.3, -0.25) is 4.79 Å². The second-order valence-electron chi connectivity index (χ2n) is 6.43. The molecule has 1 aliphatic heterocycles. The third-order valence-electron chi connectivity index (χ3n) is 4.53. The Morgan fingerprint density at radius 2 is 1.54 bits per heavy atom. The van der Waals surface area contributed by atoms with Crippen molar-refractivity contribution in [3.05, 3.63) is 118 Å². The molecule has 138 valence electrons. The molecule has 1 N–H and O–H groups in total. The number of hydrogen-bond acceptors (Lipinski definition) is 2. The molecule has 4 heteroatoms. The van der Waals surface area contributed by atoms with Crippen LogP contribution in [0.1, 0.15) is 22.7 Å². The van der Waals surface area contributed by atoms with E-state index < -0.39 is 0 Å². The van der Waals surface area contributed by atoms with Crippen LogP contribution in [0.15, 0.2) is 96.8 Å². The van der Waals surface area contributed by atoms with Crippen molar-refractivity contribution in [2.45, 2.75) is 6.04 Å². The number of halogens is 1. The maximum absolute atomic E-state index is 13.1. The van der Waals surface area contributed by atoms with Crippen LogP contribution >= 0.6 is 11.6 Å². The lowest BCUT2D eigenvalue weighted by molar-refractivity contribution is -0.117. The molecule has 0 radical (unpaired) electrons. The Bertz CT molecular complexity index is 1000. The third kappa shape index (κ3) is 4.00. The number of hydrogen-bond donors (Lipinski definition) is 1. The molecule has 0 atom stereocenters. The Morgan fingerprint density at radius 3 is 2.18 bits per heavy atom. The van der Waals surface area contributed by atoms with Gasteiger partial charge >= 0.3 is 0 Å². The number of carbonyl (C=O) groups is 1. The Hall–Kier alpha value is -3.30. The summed E-state index contributed by atoms with van der Waals surface area (Å²) in [6.45, 7) is 0. The first-order valence-electron chi connectivity index (χ1n) is 8.96. The fourth-order valence-electron chi connectivity index (χ4n) is 3.14. The molecule has 1 aliphatic rings.